The van der Waals surface area contributed by atoms with Crippen LogP contribution in [0.5, 0.6) is 11.5 Å². The summed E-state index contributed by atoms with van der Waals surface area (Å²) in [5.74, 6) is 2.67. The number of methoxy groups -OCH3 is 2. The van der Waals surface area contributed by atoms with Crippen molar-refractivity contribution in [3.05, 3.63) is 30.6 Å². The van der Waals surface area contributed by atoms with Gasteiger partial charge in [-0.2, -0.15) is 8.42 Å². The molecule has 2 heterocycles. The average Bonchev–Trinajstić information content (AvgIpc) is 2.73. The Bertz CT molecular complexity index is 930. The fourth-order valence-electron chi connectivity index (χ4n) is 3.53. The molecule has 0 unspecified atom stereocenters. The van der Waals surface area contributed by atoms with Gasteiger partial charge in [-0.25, -0.2) is 19.8 Å². The largest absolute Gasteiger partial charge is 0.493 e. The fraction of sp³-hybridized carbons (Fsp3) is 0.474. The number of hydrogen-bond donors (Lipinski definition) is 2. The first-order valence-electron chi connectivity index (χ1n) is 9.46. The minimum Gasteiger partial charge on any atom is -0.493 e. The molecular formula is C19H27N5O4S. The highest BCUT2D eigenvalue weighted by Gasteiger charge is 2.21. The summed E-state index contributed by atoms with van der Waals surface area (Å²) in [6.45, 7) is 2.10. The number of nitrogens with two attached hydrogens (primary N) is 1. The average molecular weight is 422 g/mol. The minimum absolute atomic E-state index is 0.375. The predicted molar refractivity (Wildman–Crippen MR) is 111 cm³/mol. The first kappa shape index (κ1) is 21.3. The number of aromatic nitrogens is 2. The van der Waals surface area contributed by atoms with E-state index in [1.807, 2.05) is 24.3 Å². The van der Waals surface area contributed by atoms with Crippen molar-refractivity contribution in [3.63, 3.8) is 0 Å². The molecule has 3 rings (SSSR count). The van der Waals surface area contributed by atoms with Gasteiger partial charge in [0.2, 0.25) is 0 Å². The van der Waals surface area contributed by atoms with Crippen LogP contribution in [0.1, 0.15) is 19.3 Å². The molecule has 0 bridgehead atoms. The van der Waals surface area contributed by atoms with Crippen LogP contribution in [0.4, 0.5) is 5.82 Å². The zero-order valence-electron chi connectivity index (χ0n) is 16.7. The molecule has 1 aliphatic heterocycles. The van der Waals surface area contributed by atoms with Gasteiger partial charge in [-0.3, -0.25) is 0 Å². The zero-order valence-corrected chi connectivity index (χ0v) is 17.5. The molecule has 1 aliphatic rings. The molecule has 0 atom stereocenters. The van der Waals surface area contributed by atoms with Crippen molar-refractivity contribution in [1.29, 1.82) is 0 Å². The van der Waals surface area contributed by atoms with E-state index in [9.17, 15) is 8.42 Å². The third-order valence-electron chi connectivity index (χ3n) is 5.13. The summed E-state index contributed by atoms with van der Waals surface area (Å²) in [4.78, 5) is 11.1. The maximum absolute atomic E-state index is 11.0. The molecular weight excluding hydrogens is 394 g/mol. The zero-order chi connectivity index (χ0) is 20.9. The Labute approximate surface area is 171 Å². The smallest absolute Gasteiger partial charge is 0.274 e. The van der Waals surface area contributed by atoms with Crippen LogP contribution >= 0.6 is 0 Å². The molecule has 1 aromatic heterocycles. The van der Waals surface area contributed by atoms with Crippen molar-refractivity contribution in [2.45, 2.75) is 19.3 Å². The summed E-state index contributed by atoms with van der Waals surface area (Å²) >= 11 is 0. The second-order valence-corrected chi connectivity index (χ2v) is 8.37. The summed E-state index contributed by atoms with van der Waals surface area (Å²) in [5, 5.41) is 4.97. The van der Waals surface area contributed by atoms with Gasteiger partial charge in [0.1, 0.15) is 12.1 Å². The lowest BCUT2D eigenvalue weighted by Gasteiger charge is -2.32. The first-order chi connectivity index (χ1) is 13.9. The highest BCUT2D eigenvalue weighted by atomic mass is 32.2. The van der Waals surface area contributed by atoms with Crippen molar-refractivity contribution in [1.82, 2.24) is 14.7 Å². The number of piperidine rings is 1. The van der Waals surface area contributed by atoms with Crippen LogP contribution in [0.25, 0.3) is 11.3 Å². The van der Waals surface area contributed by atoms with E-state index in [2.05, 4.69) is 19.6 Å². The molecule has 0 radical (unpaired) electrons. The van der Waals surface area contributed by atoms with Crippen molar-refractivity contribution < 1.29 is 17.9 Å². The molecule has 29 heavy (non-hydrogen) atoms. The predicted octanol–water partition coefficient (Wildman–Crippen LogP) is 1.56. The Morgan fingerprint density at radius 2 is 1.86 bits per heavy atom. The molecule has 158 valence electrons. The number of nitrogens with zero attached hydrogens (tertiary/aromatic N) is 3. The van der Waals surface area contributed by atoms with Gasteiger partial charge in [-0.15, -0.1) is 0 Å². The second-order valence-electron chi connectivity index (χ2n) is 6.99. The normalized spacial score (nSPS) is 15.3. The van der Waals surface area contributed by atoms with Gasteiger partial charge < -0.3 is 14.4 Å². The number of anilines is 1. The van der Waals surface area contributed by atoms with Gasteiger partial charge in [-0.1, -0.05) is 0 Å². The van der Waals surface area contributed by atoms with Crippen LogP contribution in [-0.4, -0.2) is 52.2 Å². The number of ether oxygens (including phenoxy) is 2. The van der Waals surface area contributed by atoms with E-state index in [4.69, 9.17) is 14.6 Å². The number of hydrogen-bond acceptors (Lipinski definition) is 7. The first-order valence-corrected chi connectivity index (χ1v) is 11.0. The summed E-state index contributed by atoms with van der Waals surface area (Å²) in [5.41, 5.74) is 1.74. The van der Waals surface area contributed by atoms with E-state index in [1.54, 1.807) is 20.5 Å². The van der Waals surface area contributed by atoms with Gasteiger partial charge in [0, 0.05) is 31.3 Å². The molecule has 2 aromatic rings. The third-order valence-corrected chi connectivity index (χ3v) is 5.73. The molecule has 0 aliphatic carbocycles. The lowest BCUT2D eigenvalue weighted by Crippen LogP contribution is -2.36. The number of rotatable bonds is 8. The number of nitrogens with one attached hydrogen (secondary N) is 1. The van der Waals surface area contributed by atoms with Crippen molar-refractivity contribution >= 4 is 16.0 Å². The van der Waals surface area contributed by atoms with Crippen LogP contribution in [0.3, 0.4) is 0 Å². The molecule has 1 fully saturated rings. The Hall–Kier alpha value is -2.43. The monoisotopic (exact) mass is 421 g/mol. The standard InChI is InChI=1S/C19H27N5O4S/c1-27-17-4-3-15(11-18(17)28-2)16-12-19(22-13-21-16)24-9-6-14(7-10-24)5-8-23-29(20,25)26/h3-4,11-14,23H,5-10H2,1-2H3,(H2,20,25,26). The highest BCUT2D eigenvalue weighted by Crippen LogP contribution is 2.32. The Balaban J connectivity index is 1.64. The summed E-state index contributed by atoms with van der Waals surface area (Å²) in [6.07, 6.45) is 4.30. The van der Waals surface area contributed by atoms with E-state index < -0.39 is 10.2 Å². The van der Waals surface area contributed by atoms with Crippen LogP contribution in [-0.2, 0) is 10.2 Å². The van der Waals surface area contributed by atoms with Crippen LogP contribution < -0.4 is 24.2 Å². The fourth-order valence-corrected chi connectivity index (χ4v) is 3.93. The molecule has 0 amide bonds. The van der Waals surface area contributed by atoms with E-state index in [-0.39, 0.29) is 0 Å². The lowest BCUT2D eigenvalue weighted by molar-refractivity contribution is 0.355. The maximum atomic E-state index is 11.0. The topological polar surface area (TPSA) is 120 Å². The van der Waals surface area contributed by atoms with E-state index in [0.29, 0.717) is 24.0 Å². The minimum atomic E-state index is -3.61. The maximum Gasteiger partial charge on any atom is 0.274 e. The van der Waals surface area contributed by atoms with E-state index in [1.165, 1.54) is 0 Å². The summed E-state index contributed by atoms with van der Waals surface area (Å²) < 4.78 is 35.0. The summed E-state index contributed by atoms with van der Waals surface area (Å²) in [7, 11) is -0.401. The number of benzene rings is 1. The molecule has 1 saturated heterocycles. The molecule has 0 spiro atoms. The van der Waals surface area contributed by atoms with Crippen molar-refractivity contribution in [2.24, 2.45) is 11.1 Å². The lowest BCUT2D eigenvalue weighted by atomic mass is 9.93. The highest BCUT2D eigenvalue weighted by molar-refractivity contribution is 7.87. The Morgan fingerprint density at radius 1 is 1.14 bits per heavy atom. The van der Waals surface area contributed by atoms with Gasteiger partial charge in [0.05, 0.1) is 19.9 Å². The summed E-state index contributed by atoms with van der Waals surface area (Å²) in [6, 6.07) is 7.68. The molecule has 9 nitrogen and oxygen atoms in total. The van der Waals surface area contributed by atoms with Crippen LogP contribution in [0.2, 0.25) is 0 Å². The van der Waals surface area contributed by atoms with E-state index >= 15 is 0 Å². The molecule has 3 N–H and O–H groups in total. The SMILES string of the molecule is COc1ccc(-c2cc(N3CCC(CCNS(N)(=O)=O)CC3)ncn2)cc1OC. The Kier molecular flexibility index (Phi) is 6.88. The van der Waals surface area contributed by atoms with Crippen LogP contribution in [0, 0.1) is 5.92 Å². The molecule has 0 saturated carbocycles. The van der Waals surface area contributed by atoms with Gasteiger partial charge >= 0.3 is 0 Å². The Morgan fingerprint density at radius 3 is 2.52 bits per heavy atom. The van der Waals surface area contributed by atoms with Gasteiger partial charge in [0.15, 0.2) is 11.5 Å². The van der Waals surface area contributed by atoms with Crippen molar-refractivity contribution in [2.75, 3.05) is 38.8 Å². The third kappa shape index (κ3) is 5.78. The van der Waals surface area contributed by atoms with Gasteiger partial charge in [0.25, 0.3) is 10.2 Å². The van der Waals surface area contributed by atoms with Crippen molar-refractivity contribution in [3.8, 4) is 22.8 Å². The molecule has 10 heteroatoms. The molecule has 1 aromatic carbocycles. The van der Waals surface area contributed by atoms with Crippen LogP contribution in [0.15, 0.2) is 30.6 Å². The second kappa shape index (κ2) is 9.38. The van der Waals surface area contributed by atoms with E-state index in [0.717, 1.165) is 49.4 Å². The van der Waals surface area contributed by atoms with Gasteiger partial charge in [-0.05, 0) is 43.4 Å². The quantitative estimate of drug-likeness (QED) is 0.664.